The van der Waals surface area contributed by atoms with E-state index >= 15 is 0 Å². The molecule has 0 saturated carbocycles. The molecular formula is C18H20N6OS. The molecule has 0 spiro atoms. The Bertz CT molecular complexity index is 996. The first kappa shape index (κ1) is 16.7. The van der Waals surface area contributed by atoms with Crippen LogP contribution >= 0.6 is 11.3 Å². The highest BCUT2D eigenvalue weighted by atomic mass is 32.1. The van der Waals surface area contributed by atoms with E-state index in [1.165, 1.54) is 11.3 Å². The van der Waals surface area contributed by atoms with Gasteiger partial charge in [-0.25, -0.2) is 9.50 Å². The Labute approximate surface area is 155 Å². The van der Waals surface area contributed by atoms with Gasteiger partial charge >= 0.3 is 0 Å². The lowest BCUT2D eigenvalue weighted by Crippen LogP contribution is -2.11. The molecule has 3 heterocycles. The number of aromatic nitrogens is 5. The molecule has 26 heavy (non-hydrogen) atoms. The lowest BCUT2D eigenvalue weighted by molar-refractivity contribution is 0.420. The second-order valence-electron chi connectivity index (χ2n) is 7.20. The summed E-state index contributed by atoms with van der Waals surface area (Å²) >= 11 is 1.50. The molecule has 4 aromatic rings. The molecule has 1 unspecified atom stereocenters. The SMILES string of the molecule is CC(Nc1nn2cc(C(C)(C)C)nc2s1)c1noc(-c2ccccc2)n1. The van der Waals surface area contributed by atoms with Crippen LogP contribution in [0.25, 0.3) is 16.4 Å². The summed E-state index contributed by atoms with van der Waals surface area (Å²) in [7, 11) is 0. The van der Waals surface area contributed by atoms with Crippen molar-refractivity contribution in [3.8, 4) is 11.5 Å². The molecular weight excluding hydrogens is 348 g/mol. The Morgan fingerprint density at radius 1 is 1.15 bits per heavy atom. The molecule has 8 heteroatoms. The van der Waals surface area contributed by atoms with Crippen LogP contribution in [0, 0.1) is 0 Å². The van der Waals surface area contributed by atoms with E-state index in [4.69, 9.17) is 4.52 Å². The monoisotopic (exact) mass is 368 g/mol. The van der Waals surface area contributed by atoms with Gasteiger partial charge in [-0.2, -0.15) is 4.98 Å². The van der Waals surface area contributed by atoms with E-state index in [1.54, 1.807) is 0 Å². The van der Waals surface area contributed by atoms with Crippen LogP contribution in [0.1, 0.15) is 45.3 Å². The van der Waals surface area contributed by atoms with Crippen molar-refractivity contribution in [1.82, 2.24) is 24.7 Å². The second kappa shape index (κ2) is 6.21. The van der Waals surface area contributed by atoms with Crippen molar-refractivity contribution in [2.75, 3.05) is 5.32 Å². The van der Waals surface area contributed by atoms with Crippen molar-refractivity contribution in [2.45, 2.75) is 39.2 Å². The third-order valence-corrected chi connectivity index (χ3v) is 4.86. The molecule has 1 atom stereocenters. The first-order valence-corrected chi connectivity index (χ1v) is 9.24. The highest BCUT2D eigenvalue weighted by Gasteiger charge is 2.21. The Hall–Kier alpha value is -2.74. The summed E-state index contributed by atoms with van der Waals surface area (Å²) in [5, 5.41) is 12.7. The van der Waals surface area contributed by atoms with Crippen LogP contribution in [-0.2, 0) is 5.41 Å². The van der Waals surface area contributed by atoms with Gasteiger partial charge in [-0.3, -0.25) is 0 Å². The minimum atomic E-state index is -0.130. The van der Waals surface area contributed by atoms with Crippen molar-refractivity contribution in [3.63, 3.8) is 0 Å². The molecule has 0 fully saturated rings. The molecule has 0 aliphatic rings. The van der Waals surface area contributed by atoms with Gasteiger partial charge in [0.1, 0.15) is 0 Å². The number of benzene rings is 1. The first-order valence-electron chi connectivity index (χ1n) is 8.42. The van der Waals surface area contributed by atoms with Gasteiger partial charge in [0.15, 0.2) is 5.82 Å². The van der Waals surface area contributed by atoms with E-state index < -0.39 is 0 Å². The smallest absolute Gasteiger partial charge is 0.257 e. The van der Waals surface area contributed by atoms with Crippen LogP contribution in [0.5, 0.6) is 0 Å². The number of hydrogen-bond donors (Lipinski definition) is 1. The maximum absolute atomic E-state index is 5.37. The predicted octanol–water partition coefficient (Wildman–Crippen LogP) is 4.31. The Morgan fingerprint density at radius 3 is 2.62 bits per heavy atom. The summed E-state index contributed by atoms with van der Waals surface area (Å²) in [6.45, 7) is 8.40. The molecule has 7 nitrogen and oxygen atoms in total. The van der Waals surface area contributed by atoms with Crippen LogP contribution in [0.3, 0.4) is 0 Å². The second-order valence-corrected chi connectivity index (χ2v) is 8.16. The van der Waals surface area contributed by atoms with Gasteiger partial charge < -0.3 is 9.84 Å². The van der Waals surface area contributed by atoms with Gasteiger partial charge in [-0.05, 0) is 19.1 Å². The van der Waals surface area contributed by atoms with Gasteiger partial charge in [-0.1, -0.05) is 55.5 Å². The number of nitrogens with zero attached hydrogens (tertiary/aromatic N) is 5. The third kappa shape index (κ3) is 3.20. The first-order chi connectivity index (χ1) is 12.4. The summed E-state index contributed by atoms with van der Waals surface area (Å²) in [6.07, 6.45) is 1.98. The molecule has 0 saturated heterocycles. The van der Waals surface area contributed by atoms with Gasteiger partial charge in [0.2, 0.25) is 10.1 Å². The summed E-state index contributed by atoms with van der Waals surface area (Å²) < 4.78 is 7.18. The van der Waals surface area contributed by atoms with Gasteiger partial charge in [0, 0.05) is 11.0 Å². The summed E-state index contributed by atoms with van der Waals surface area (Å²) in [5.74, 6) is 1.10. The standard InChI is InChI=1S/C18H20N6OS/c1-11(14-21-15(25-23-14)12-8-6-5-7-9-12)19-16-22-24-10-13(18(2,3)4)20-17(24)26-16/h5-11H,1-4H3,(H,19,22). The molecule has 0 amide bonds. The fourth-order valence-electron chi connectivity index (χ4n) is 2.48. The molecule has 4 rings (SSSR count). The number of nitrogens with one attached hydrogen (secondary N) is 1. The average molecular weight is 368 g/mol. The van der Waals surface area contributed by atoms with Crippen LogP contribution in [0.15, 0.2) is 41.1 Å². The van der Waals surface area contributed by atoms with Gasteiger partial charge in [0.25, 0.3) is 5.89 Å². The van der Waals surface area contributed by atoms with Crippen LogP contribution < -0.4 is 5.32 Å². The zero-order valence-corrected chi connectivity index (χ0v) is 15.9. The maximum Gasteiger partial charge on any atom is 0.257 e. The van der Waals surface area contributed by atoms with Crippen molar-refractivity contribution < 1.29 is 4.52 Å². The quantitative estimate of drug-likeness (QED) is 0.578. The molecule has 0 aliphatic carbocycles. The number of hydrogen-bond acceptors (Lipinski definition) is 7. The maximum atomic E-state index is 5.37. The van der Waals surface area contributed by atoms with E-state index in [1.807, 2.05) is 48.0 Å². The van der Waals surface area contributed by atoms with E-state index in [9.17, 15) is 0 Å². The van der Waals surface area contributed by atoms with E-state index in [2.05, 4.69) is 46.3 Å². The number of imidazole rings is 1. The zero-order chi connectivity index (χ0) is 18.3. The molecule has 134 valence electrons. The van der Waals surface area contributed by atoms with Crippen molar-refractivity contribution in [3.05, 3.63) is 48.0 Å². The minimum absolute atomic E-state index is 0.00672. The highest BCUT2D eigenvalue weighted by Crippen LogP contribution is 2.27. The Kier molecular flexibility index (Phi) is 3.99. The molecule has 1 aromatic carbocycles. The van der Waals surface area contributed by atoms with E-state index in [0.29, 0.717) is 11.7 Å². The molecule has 1 N–H and O–H groups in total. The molecule has 0 aliphatic heterocycles. The van der Waals surface area contributed by atoms with E-state index in [0.717, 1.165) is 21.3 Å². The van der Waals surface area contributed by atoms with E-state index in [-0.39, 0.29) is 11.5 Å². The number of fused-ring (bicyclic) bond motifs is 1. The molecule has 0 radical (unpaired) electrons. The third-order valence-electron chi connectivity index (χ3n) is 4.00. The Morgan fingerprint density at radius 2 is 1.92 bits per heavy atom. The summed E-state index contributed by atoms with van der Waals surface area (Å²) in [5.41, 5.74) is 1.94. The minimum Gasteiger partial charge on any atom is -0.350 e. The number of anilines is 1. The topological polar surface area (TPSA) is 81.1 Å². The van der Waals surface area contributed by atoms with Gasteiger partial charge in [0.05, 0.1) is 17.9 Å². The summed E-state index contributed by atoms with van der Waals surface area (Å²) in [6, 6.07) is 9.59. The average Bonchev–Trinajstić information content (AvgIpc) is 3.29. The normalized spacial score (nSPS) is 13.2. The molecule has 0 bridgehead atoms. The lowest BCUT2D eigenvalue weighted by atomic mass is 9.93. The fraction of sp³-hybridized carbons (Fsp3) is 0.333. The van der Waals surface area contributed by atoms with Crippen LogP contribution in [0.4, 0.5) is 5.13 Å². The van der Waals surface area contributed by atoms with Crippen LogP contribution in [-0.4, -0.2) is 24.7 Å². The molecule has 3 aromatic heterocycles. The zero-order valence-electron chi connectivity index (χ0n) is 15.1. The fourth-order valence-corrected chi connectivity index (χ4v) is 3.35. The number of rotatable bonds is 4. The Balaban J connectivity index is 1.51. The lowest BCUT2D eigenvalue weighted by Gasteiger charge is -2.13. The van der Waals surface area contributed by atoms with Crippen molar-refractivity contribution in [1.29, 1.82) is 0 Å². The highest BCUT2D eigenvalue weighted by molar-refractivity contribution is 7.20. The largest absolute Gasteiger partial charge is 0.350 e. The predicted molar refractivity (Wildman–Crippen MR) is 101 cm³/mol. The van der Waals surface area contributed by atoms with Crippen molar-refractivity contribution in [2.24, 2.45) is 0 Å². The van der Waals surface area contributed by atoms with Gasteiger partial charge in [-0.15, -0.1) is 5.10 Å². The summed E-state index contributed by atoms with van der Waals surface area (Å²) in [4.78, 5) is 10.0. The van der Waals surface area contributed by atoms with Crippen LogP contribution in [0.2, 0.25) is 0 Å². The van der Waals surface area contributed by atoms with Crippen molar-refractivity contribution >= 4 is 21.4 Å².